The fourth-order valence-electron chi connectivity index (χ4n) is 2.22. The van der Waals surface area contributed by atoms with Crippen molar-refractivity contribution < 1.29 is 4.79 Å². The summed E-state index contributed by atoms with van der Waals surface area (Å²) in [5.74, 6) is -0.351. The van der Waals surface area contributed by atoms with Gasteiger partial charge in [-0.3, -0.25) is 4.79 Å². The van der Waals surface area contributed by atoms with Crippen LogP contribution in [0.4, 0.5) is 0 Å². The van der Waals surface area contributed by atoms with Crippen LogP contribution in [0.5, 0.6) is 0 Å². The molecule has 0 aromatic carbocycles. The van der Waals surface area contributed by atoms with Crippen LogP contribution in [0, 0.1) is 17.2 Å². The Morgan fingerprint density at radius 3 is 2.31 bits per heavy atom. The van der Waals surface area contributed by atoms with E-state index in [9.17, 15) is 4.79 Å². The fourth-order valence-corrected chi connectivity index (χ4v) is 2.22. The van der Waals surface area contributed by atoms with Gasteiger partial charge in [-0.2, -0.15) is 5.26 Å². The summed E-state index contributed by atoms with van der Waals surface area (Å²) < 4.78 is 0. The molecule has 0 aliphatic carbocycles. The van der Waals surface area contributed by atoms with Gasteiger partial charge in [-0.15, -0.1) is 0 Å². The Morgan fingerprint density at radius 1 is 1.25 bits per heavy atom. The molecule has 1 saturated heterocycles. The van der Waals surface area contributed by atoms with Crippen LogP contribution < -0.4 is 0 Å². The van der Waals surface area contributed by atoms with Crippen molar-refractivity contribution in [2.75, 3.05) is 13.1 Å². The third-order valence-electron chi connectivity index (χ3n) is 3.20. The molecule has 0 N–H and O–H groups in total. The second-order valence-corrected chi connectivity index (χ2v) is 4.56. The predicted octanol–water partition coefficient (Wildman–Crippen LogP) is 2.72. The first kappa shape index (κ1) is 13.0. The molecule has 0 aromatic heterocycles. The lowest BCUT2D eigenvalue weighted by Gasteiger charge is -2.26. The largest absolute Gasteiger partial charge is 0.342 e. The number of nitrogens with zero attached hydrogens (tertiary/aromatic N) is 2. The minimum Gasteiger partial charge on any atom is -0.342 e. The Kier molecular flexibility index (Phi) is 5.92. The van der Waals surface area contributed by atoms with E-state index >= 15 is 0 Å². The summed E-state index contributed by atoms with van der Waals surface area (Å²) >= 11 is 0. The molecule has 0 radical (unpaired) electrons. The zero-order chi connectivity index (χ0) is 11.8. The summed E-state index contributed by atoms with van der Waals surface area (Å²) in [4.78, 5) is 14.0. The second kappa shape index (κ2) is 7.27. The van der Waals surface area contributed by atoms with Crippen molar-refractivity contribution in [1.29, 1.82) is 5.26 Å². The minimum absolute atomic E-state index is 0.0613. The molecule has 1 amide bonds. The van der Waals surface area contributed by atoms with Gasteiger partial charge in [-0.1, -0.05) is 32.6 Å². The lowest BCUT2D eigenvalue weighted by atomic mass is 10.0. The van der Waals surface area contributed by atoms with Crippen molar-refractivity contribution in [3.05, 3.63) is 0 Å². The maximum Gasteiger partial charge on any atom is 0.239 e. The number of amides is 1. The van der Waals surface area contributed by atoms with Crippen molar-refractivity contribution in [3.63, 3.8) is 0 Å². The van der Waals surface area contributed by atoms with Gasteiger partial charge in [0.1, 0.15) is 5.92 Å². The number of hydrogen-bond acceptors (Lipinski definition) is 2. The molecule has 1 aliphatic rings. The maximum absolute atomic E-state index is 12.1. The van der Waals surface area contributed by atoms with E-state index in [1.807, 2.05) is 11.8 Å². The van der Waals surface area contributed by atoms with E-state index in [1.54, 1.807) is 0 Å². The van der Waals surface area contributed by atoms with E-state index in [-0.39, 0.29) is 5.91 Å². The highest BCUT2D eigenvalue weighted by molar-refractivity contribution is 5.81. The zero-order valence-electron chi connectivity index (χ0n) is 10.2. The Morgan fingerprint density at radius 2 is 1.81 bits per heavy atom. The Hall–Kier alpha value is -1.04. The van der Waals surface area contributed by atoms with Crippen LogP contribution in [0.1, 0.15) is 51.9 Å². The number of nitriles is 1. The Labute approximate surface area is 98.4 Å². The molecule has 1 aliphatic heterocycles. The van der Waals surface area contributed by atoms with Crippen molar-refractivity contribution >= 4 is 5.91 Å². The molecule has 1 unspecified atom stereocenters. The molecule has 3 heteroatoms. The van der Waals surface area contributed by atoms with Crippen LogP contribution >= 0.6 is 0 Å². The van der Waals surface area contributed by atoms with Crippen LogP contribution in [0.25, 0.3) is 0 Å². The van der Waals surface area contributed by atoms with Gasteiger partial charge in [-0.25, -0.2) is 0 Å². The van der Waals surface area contributed by atoms with Crippen LogP contribution in [-0.2, 0) is 4.79 Å². The van der Waals surface area contributed by atoms with Gasteiger partial charge in [0.25, 0.3) is 0 Å². The molecule has 0 spiro atoms. The minimum atomic E-state index is -0.413. The average Bonchev–Trinajstić information content (AvgIpc) is 2.24. The van der Waals surface area contributed by atoms with Gasteiger partial charge in [-0.05, 0) is 19.3 Å². The number of hydrogen-bond donors (Lipinski definition) is 0. The van der Waals surface area contributed by atoms with E-state index < -0.39 is 5.92 Å². The molecule has 1 heterocycles. The number of rotatable bonds is 3. The van der Waals surface area contributed by atoms with E-state index in [2.05, 4.69) is 6.07 Å². The number of likely N-dealkylation sites (tertiary alicyclic amines) is 1. The second-order valence-electron chi connectivity index (χ2n) is 4.56. The third-order valence-corrected chi connectivity index (χ3v) is 3.20. The normalized spacial score (nSPS) is 19.4. The van der Waals surface area contributed by atoms with E-state index in [0.717, 1.165) is 32.4 Å². The molecule has 0 saturated carbocycles. The lowest BCUT2D eigenvalue weighted by Crippen LogP contribution is -2.37. The third kappa shape index (κ3) is 3.84. The first-order valence-corrected chi connectivity index (χ1v) is 6.48. The molecule has 1 rings (SSSR count). The summed E-state index contributed by atoms with van der Waals surface area (Å²) in [5, 5.41) is 8.99. The number of carbonyl (C=O) groups is 1. The maximum atomic E-state index is 12.1. The Bertz CT molecular complexity index is 249. The molecule has 0 bridgehead atoms. The predicted molar refractivity (Wildman–Crippen MR) is 63.7 cm³/mol. The highest BCUT2D eigenvalue weighted by atomic mass is 16.2. The van der Waals surface area contributed by atoms with Crippen molar-refractivity contribution in [1.82, 2.24) is 4.90 Å². The van der Waals surface area contributed by atoms with E-state index in [4.69, 9.17) is 5.26 Å². The van der Waals surface area contributed by atoms with Crippen molar-refractivity contribution in [2.45, 2.75) is 51.9 Å². The smallest absolute Gasteiger partial charge is 0.239 e. The summed E-state index contributed by atoms with van der Waals surface area (Å²) in [7, 11) is 0. The molecular weight excluding hydrogens is 200 g/mol. The zero-order valence-corrected chi connectivity index (χ0v) is 10.2. The van der Waals surface area contributed by atoms with Gasteiger partial charge in [0.05, 0.1) is 6.07 Å². The monoisotopic (exact) mass is 222 g/mol. The average molecular weight is 222 g/mol. The van der Waals surface area contributed by atoms with Crippen LogP contribution in [0.2, 0.25) is 0 Å². The molecular formula is C13H22N2O. The molecule has 1 fully saturated rings. The summed E-state index contributed by atoms with van der Waals surface area (Å²) in [6.07, 6.45) is 7.51. The molecule has 16 heavy (non-hydrogen) atoms. The van der Waals surface area contributed by atoms with Gasteiger partial charge in [0, 0.05) is 13.1 Å². The highest BCUT2D eigenvalue weighted by Gasteiger charge is 2.23. The van der Waals surface area contributed by atoms with Crippen LogP contribution in [0.3, 0.4) is 0 Å². The van der Waals surface area contributed by atoms with Crippen LogP contribution in [0.15, 0.2) is 0 Å². The van der Waals surface area contributed by atoms with Gasteiger partial charge in [0.2, 0.25) is 5.91 Å². The lowest BCUT2D eigenvalue weighted by molar-refractivity contribution is -0.134. The molecule has 1 atom stereocenters. The first-order chi connectivity index (χ1) is 7.79. The van der Waals surface area contributed by atoms with Gasteiger partial charge >= 0.3 is 0 Å². The molecule has 3 nitrogen and oxygen atoms in total. The summed E-state index contributed by atoms with van der Waals surface area (Å²) in [5.41, 5.74) is 0. The summed E-state index contributed by atoms with van der Waals surface area (Å²) in [6, 6.07) is 2.14. The highest BCUT2D eigenvalue weighted by Crippen LogP contribution is 2.15. The molecule has 0 aromatic rings. The van der Waals surface area contributed by atoms with E-state index in [0.29, 0.717) is 6.42 Å². The molecule has 90 valence electrons. The van der Waals surface area contributed by atoms with E-state index in [1.165, 1.54) is 19.3 Å². The standard InChI is InChI=1S/C13H22N2O/c1-2-8-12(11-14)13(16)15-9-6-4-3-5-7-10-15/h12H,2-10H2,1H3. The quantitative estimate of drug-likeness (QED) is 0.737. The topological polar surface area (TPSA) is 44.1 Å². The Balaban J connectivity index is 2.52. The van der Waals surface area contributed by atoms with Crippen molar-refractivity contribution in [3.8, 4) is 6.07 Å². The first-order valence-electron chi connectivity index (χ1n) is 6.48. The fraction of sp³-hybridized carbons (Fsp3) is 0.846. The summed E-state index contributed by atoms with van der Waals surface area (Å²) in [6.45, 7) is 3.71. The van der Waals surface area contributed by atoms with Gasteiger partial charge in [0.15, 0.2) is 0 Å². The SMILES string of the molecule is CCCC(C#N)C(=O)N1CCCCCCC1. The van der Waals surface area contributed by atoms with Crippen LogP contribution in [-0.4, -0.2) is 23.9 Å². The number of carbonyl (C=O) groups excluding carboxylic acids is 1. The van der Waals surface area contributed by atoms with Crippen molar-refractivity contribution in [2.24, 2.45) is 5.92 Å². The van der Waals surface area contributed by atoms with Gasteiger partial charge < -0.3 is 4.90 Å².